The van der Waals surface area contributed by atoms with E-state index in [1.165, 1.54) is 13.0 Å². The molecule has 1 saturated carbocycles. The lowest BCUT2D eigenvalue weighted by Crippen LogP contribution is -2.35. The van der Waals surface area contributed by atoms with Gasteiger partial charge in [0, 0.05) is 30.6 Å². The van der Waals surface area contributed by atoms with Crippen molar-refractivity contribution in [3.8, 4) is 0 Å². The van der Waals surface area contributed by atoms with Crippen molar-refractivity contribution in [2.24, 2.45) is 5.92 Å². The van der Waals surface area contributed by atoms with Crippen LogP contribution in [0.4, 0.5) is 19.0 Å². The summed E-state index contributed by atoms with van der Waals surface area (Å²) in [4.78, 5) is 18.9. The van der Waals surface area contributed by atoms with Gasteiger partial charge in [-0.2, -0.15) is 18.3 Å². The molecule has 1 aliphatic heterocycles. The molecule has 0 bridgehead atoms. The van der Waals surface area contributed by atoms with Crippen molar-refractivity contribution in [3.05, 3.63) is 64.5 Å². The standard InChI is InChI=1S/C27H28F3N5O/c1-15-21(5-4-6-23(15)27(28,29)30)16(2)32-25-22-13-20(14-31-24(22)17(3)33-34-25)18-9-11-35(12-10-18)26(36)19-7-8-19/h4-6,9,13-14,16,19H,7-8,10-12H2,1-3H3,(H,32,34)/t16-/m1/s1. The molecule has 2 aromatic heterocycles. The van der Waals surface area contributed by atoms with Crippen LogP contribution in [-0.4, -0.2) is 39.1 Å². The van der Waals surface area contributed by atoms with Gasteiger partial charge < -0.3 is 10.2 Å². The first-order valence-electron chi connectivity index (χ1n) is 12.2. The Morgan fingerprint density at radius 1 is 1.19 bits per heavy atom. The molecular formula is C27H28F3N5O. The number of pyridine rings is 1. The average Bonchev–Trinajstić information content (AvgIpc) is 3.70. The fraction of sp³-hybridized carbons (Fsp3) is 0.407. The zero-order chi connectivity index (χ0) is 25.6. The Hall–Kier alpha value is -3.49. The molecule has 1 atom stereocenters. The van der Waals surface area contributed by atoms with Gasteiger partial charge in [-0.15, -0.1) is 5.10 Å². The molecule has 2 aliphatic rings. The Morgan fingerprint density at radius 2 is 1.97 bits per heavy atom. The number of hydrogen-bond donors (Lipinski definition) is 1. The predicted molar refractivity (Wildman–Crippen MR) is 132 cm³/mol. The van der Waals surface area contributed by atoms with Crippen LogP contribution in [0.25, 0.3) is 16.5 Å². The highest BCUT2D eigenvalue weighted by Gasteiger charge is 2.34. The number of benzene rings is 1. The predicted octanol–water partition coefficient (Wildman–Crippen LogP) is 5.86. The number of aromatic nitrogens is 3. The summed E-state index contributed by atoms with van der Waals surface area (Å²) in [6.07, 6.45) is 2.21. The molecule has 3 heterocycles. The summed E-state index contributed by atoms with van der Waals surface area (Å²) >= 11 is 0. The zero-order valence-corrected chi connectivity index (χ0v) is 20.5. The van der Waals surface area contributed by atoms with Crippen molar-refractivity contribution >= 4 is 28.2 Å². The number of hydrogen-bond acceptors (Lipinski definition) is 5. The van der Waals surface area contributed by atoms with Crippen molar-refractivity contribution in [3.63, 3.8) is 0 Å². The zero-order valence-electron chi connectivity index (χ0n) is 20.5. The van der Waals surface area contributed by atoms with Crippen molar-refractivity contribution in [1.29, 1.82) is 0 Å². The van der Waals surface area contributed by atoms with Crippen molar-refractivity contribution in [2.45, 2.75) is 52.3 Å². The molecular weight excluding hydrogens is 467 g/mol. The molecule has 3 aromatic rings. The minimum atomic E-state index is -4.42. The first-order valence-corrected chi connectivity index (χ1v) is 12.2. The van der Waals surface area contributed by atoms with Gasteiger partial charge in [-0.1, -0.05) is 18.2 Å². The Kier molecular flexibility index (Phi) is 6.18. The molecule has 1 amide bonds. The maximum Gasteiger partial charge on any atom is 0.416 e. The quantitative estimate of drug-likeness (QED) is 0.480. The second-order valence-electron chi connectivity index (χ2n) is 9.68. The van der Waals surface area contributed by atoms with E-state index in [0.717, 1.165) is 41.9 Å². The van der Waals surface area contributed by atoms with Crippen LogP contribution >= 0.6 is 0 Å². The van der Waals surface area contributed by atoms with Crippen molar-refractivity contribution in [2.75, 3.05) is 18.4 Å². The fourth-order valence-corrected chi connectivity index (χ4v) is 4.87. The number of amides is 1. The third-order valence-electron chi connectivity index (χ3n) is 7.10. The smallest absolute Gasteiger partial charge is 0.361 e. The molecule has 0 spiro atoms. The van der Waals surface area contributed by atoms with Crippen LogP contribution in [0.2, 0.25) is 0 Å². The number of rotatable bonds is 5. The minimum absolute atomic E-state index is 0.186. The summed E-state index contributed by atoms with van der Waals surface area (Å²) in [5.74, 6) is 0.925. The summed E-state index contributed by atoms with van der Waals surface area (Å²) in [5, 5.41) is 12.6. The lowest BCUT2D eigenvalue weighted by molar-refractivity contribution is -0.138. The Bertz CT molecular complexity index is 1360. The summed E-state index contributed by atoms with van der Waals surface area (Å²) in [6, 6.07) is 5.78. The summed E-state index contributed by atoms with van der Waals surface area (Å²) in [6.45, 7) is 6.40. The molecule has 0 radical (unpaired) electrons. The number of anilines is 1. The lowest BCUT2D eigenvalue weighted by Gasteiger charge is -2.27. The number of carbonyl (C=O) groups excluding carboxylic acids is 1. The number of fused-ring (bicyclic) bond motifs is 1. The lowest BCUT2D eigenvalue weighted by atomic mass is 9.97. The van der Waals surface area contributed by atoms with Gasteiger partial charge in [0.1, 0.15) is 0 Å². The summed E-state index contributed by atoms with van der Waals surface area (Å²) in [5.41, 5.74) is 3.50. The van der Waals surface area contributed by atoms with Crippen molar-refractivity contribution in [1.82, 2.24) is 20.1 Å². The fourth-order valence-electron chi connectivity index (χ4n) is 4.87. The van der Waals surface area contributed by atoms with Gasteiger partial charge in [0.15, 0.2) is 5.82 Å². The molecule has 188 valence electrons. The van der Waals surface area contributed by atoms with Gasteiger partial charge >= 0.3 is 6.18 Å². The molecule has 1 aliphatic carbocycles. The van der Waals surface area contributed by atoms with Crippen LogP contribution in [0.5, 0.6) is 0 Å². The highest BCUT2D eigenvalue weighted by Crippen LogP contribution is 2.36. The van der Waals surface area contributed by atoms with E-state index in [9.17, 15) is 18.0 Å². The van der Waals surface area contributed by atoms with E-state index in [0.29, 0.717) is 35.7 Å². The summed E-state index contributed by atoms with van der Waals surface area (Å²) in [7, 11) is 0. The van der Waals surface area contributed by atoms with Crippen molar-refractivity contribution < 1.29 is 18.0 Å². The number of carbonyl (C=O) groups is 1. The monoisotopic (exact) mass is 495 g/mol. The number of aryl methyl sites for hydroxylation is 1. The Labute approximate surface area is 207 Å². The molecule has 36 heavy (non-hydrogen) atoms. The third kappa shape index (κ3) is 4.66. The number of halogens is 3. The van der Waals surface area contributed by atoms with Crippen LogP contribution in [0.3, 0.4) is 0 Å². The molecule has 0 unspecified atom stereocenters. The second kappa shape index (κ2) is 9.19. The van der Waals surface area contributed by atoms with Crippen LogP contribution in [-0.2, 0) is 11.0 Å². The molecule has 1 fully saturated rings. The molecule has 1 N–H and O–H groups in total. The van der Waals surface area contributed by atoms with Gasteiger partial charge in [-0.05, 0) is 74.4 Å². The Balaban J connectivity index is 1.44. The maximum atomic E-state index is 13.4. The van der Waals surface area contributed by atoms with E-state index in [1.54, 1.807) is 6.07 Å². The SMILES string of the molecule is Cc1c([C@@H](C)Nc2nnc(C)c3ncc(C4=CCN(C(=O)C5CC5)CC4)cc23)cccc1C(F)(F)F. The second-order valence-corrected chi connectivity index (χ2v) is 9.68. The largest absolute Gasteiger partial charge is 0.416 e. The average molecular weight is 496 g/mol. The first kappa shape index (κ1) is 24.2. The van der Waals surface area contributed by atoms with Gasteiger partial charge in [0.05, 0.1) is 22.8 Å². The summed E-state index contributed by atoms with van der Waals surface area (Å²) < 4.78 is 40.3. The van der Waals surface area contributed by atoms with Gasteiger partial charge in [-0.3, -0.25) is 9.78 Å². The molecule has 9 heteroatoms. The van der Waals surface area contributed by atoms with Crippen LogP contribution in [0.15, 0.2) is 36.5 Å². The third-order valence-corrected chi connectivity index (χ3v) is 7.10. The van der Waals surface area contributed by atoms with Crippen LogP contribution < -0.4 is 5.32 Å². The Morgan fingerprint density at radius 3 is 2.64 bits per heavy atom. The molecule has 5 rings (SSSR count). The van der Waals surface area contributed by atoms with Gasteiger partial charge in [0.25, 0.3) is 0 Å². The van der Waals surface area contributed by atoms with Gasteiger partial charge in [0.2, 0.25) is 5.91 Å². The number of nitrogens with zero attached hydrogens (tertiary/aromatic N) is 4. The highest BCUT2D eigenvalue weighted by molar-refractivity contribution is 5.92. The van der Waals surface area contributed by atoms with Gasteiger partial charge in [-0.25, -0.2) is 0 Å². The normalized spacial score (nSPS) is 17.2. The maximum absolute atomic E-state index is 13.4. The van der Waals surface area contributed by atoms with Crippen LogP contribution in [0.1, 0.15) is 60.2 Å². The first-order chi connectivity index (χ1) is 17.1. The van der Waals surface area contributed by atoms with E-state index in [-0.39, 0.29) is 17.4 Å². The van der Waals surface area contributed by atoms with E-state index in [1.807, 2.05) is 31.0 Å². The topological polar surface area (TPSA) is 71.0 Å². The van der Waals surface area contributed by atoms with E-state index in [4.69, 9.17) is 0 Å². The van der Waals surface area contributed by atoms with E-state index >= 15 is 0 Å². The minimum Gasteiger partial charge on any atom is -0.361 e. The number of alkyl halides is 3. The molecule has 1 aromatic carbocycles. The van der Waals surface area contributed by atoms with Crippen LogP contribution in [0, 0.1) is 19.8 Å². The van der Waals surface area contributed by atoms with E-state index in [2.05, 4.69) is 26.6 Å². The number of nitrogens with one attached hydrogen (secondary N) is 1. The molecule has 6 nitrogen and oxygen atoms in total. The highest BCUT2D eigenvalue weighted by atomic mass is 19.4. The van der Waals surface area contributed by atoms with E-state index < -0.39 is 17.8 Å². The molecule has 0 saturated heterocycles.